The topological polar surface area (TPSA) is 75.7 Å². The molecule has 6 nitrogen and oxygen atoms in total. The lowest BCUT2D eigenvalue weighted by atomic mass is 10.1. The third-order valence-corrected chi connectivity index (χ3v) is 7.55. The minimum Gasteiger partial charge on any atom is -0.484 e. The third-order valence-electron chi connectivity index (χ3n) is 5.64. The van der Waals surface area contributed by atoms with Gasteiger partial charge in [-0.25, -0.2) is 8.42 Å². The van der Waals surface area contributed by atoms with Gasteiger partial charge in [0.1, 0.15) is 5.75 Å². The van der Waals surface area contributed by atoms with Crippen molar-refractivity contribution >= 4 is 15.9 Å². The fourth-order valence-electron chi connectivity index (χ4n) is 3.51. The number of nitrogens with zero attached hydrogens (tertiary/aromatic N) is 1. The number of sulfonamides is 1. The number of piperidine rings is 1. The number of rotatable bonds is 7. The Morgan fingerprint density at radius 3 is 2.33 bits per heavy atom. The van der Waals surface area contributed by atoms with E-state index in [9.17, 15) is 13.2 Å². The molecule has 0 bridgehead atoms. The summed E-state index contributed by atoms with van der Waals surface area (Å²) in [5.41, 5.74) is 3.40. The molecule has 3 rings (SSSR count). The molecular formula is C23H30N2O4S. The van der Waals surface area contributed by atoms with Crippen molar-refractivity contribution in [3.8, 4) is 5.75 Å². The van der Waals surface area contributed by atoms with Gasteiger partial charge in [-0.3, -0.25) is 4.79 Å². The standard InChI is InChI=1S/C23H30N2O4S/c1-4-19-6-9-22(10-7-19)30(27,28)25-13-11-20(12-14-25)24-23(26)16-29-21-8-5-17(2)18(3)15-21/h5-10,15,20H,4,11-14,16H2,1-3H3,(H,24,26). The van der Waals surface area contributed by atoms with E-state index in [4.69, 9.17) is 4.74 Å². The second kappa shape index (κ2) is 9.62. The Hall–Kier alpha value is -2.38. The number of carbonyl (C=O) groups excluding carboxylic acids is 1. The van der Waals surface area contributed by atoms with Crippen LogP contribution in [0.5, 0.6) is 5.75 Å². The Kier molecular flexibility index (Phi) is 7.15. The first-order valence-electron chi connectivity index (χ1n) is 10.4. The highest BCUT2D eigenvalue weighted by molar-refractivity contribution is 7.89. The first-order valence-corrected chi connectivity index (χ1v) is 11.8. The monoisotopic (exact) mass is 430 g/mol. The van der Waals surface area contributed by atoms with E-state index in [1.165, 1.54) is 9.87 Å². The van der Waals surface area contributed by atoms with E-state index >= 15 is 0 Å². The molecule has 0 saturated carbocycles. The fourth-order valence-corrected chi connectivity index (χ4v) is 4.98. The van der Waals surface area contributed by atoms with E-state index in [2.05, 4.69) is 5.32 Å². The molecule has 0 unspecified atom stereocenters. The molecule has 1 amide bonds. The lowest BCUT2D eigenvalue weighted by Crippen LogP contribution is -2.47. The molecule has 0 atom stereocenters. The van der Waals surface area contributed by atoms with E-state index in [0.717, 1.165) is 17.5 Å². The number of nitrogens with one attached hydrogen (secondary N) is 1. The van der Waals surface area contributed by atoms with Gasteiger partial charge in [-0.05, 0) is 74.1 Å². The van der Waals surface area contributed by atoms with Crippen molar-refractivity contribution in [2.75, 3.05) is 19.7 Å². The van der Waals surface area contributed by atoms with E-state index in [-0.39, 0.29) is 18.6 Å². The molecular weight excluding hydrogens is 400 g/mol. The summed E-state index contributed by atoms with van der Waals surface area (Å²) in [7, 11) is -3.50. The normalized spacial score (nSPS) is 15.7. The lowest BCUT2D eigenvalue weighted by Gasteiger charge is -2.31. The van der Waals surface area contributed by atoms with Gasteiger partial charge in [0.05, 0.1) is 4.90 Å². The van der Waals surface area contributed by atoms with Crippen LogP contribution in [0.1, 0.15) is 36.5 Å². The van der Waals surface area contributed by atoms with Gasteiger partial charge in [-0.15, -0.1) is 0 Å². The van der Waals surface area contributed by atoms with Gasteiger partial charge in [0.25, 0.3) is 5.91 Å². The van der Waals surface area contributed by atoms with Crippen LogP contribution in [0.3, 0.4) is 0 Å². The molecule has 0 aliphatic carbocycles. The Morgan fingerprint density at radius 2 is 1.73 bits per heavy atom. The minimum atomic E-state index is -3.50. The molecule has 7 heteroatoms. The summed E-state index contributed by atoms with van der Waals surface area (Å²) in [5.74, 6) is 0.480. The van der Waals surface area contributed by atoms with Crippen LogP contribution in [0.4, 0.5) is 0 Å². The summed E-state index contributed by atoms with van der Waals surface area (Å²) in [4.78, 5) is 12.6. The third kappa shape index (κ3) is 5.40. The molecule has 0 aromatic heterocycles. The molecule has 1 fully saturated rings. The van der Waals surface area contributed by atoms with Crippen molar-refractivity contribution < 1.29 is 17.9 Å². The van der Waals surface area contributed by atoms with Gasteiger partial charge in [0.15, 0.2) is 6.61 Å². The number of aryl methyl sites for hydroxylation is 3. The number of hydrogen-bond donors (Lipinski definition) is 1. The van der Waals surface area contributed by atoms with E-state index < -0.39 is 10.0 Å². The number of amides is 1. The number of ether oxygens (including phenoxy) is 1. The average Bonchev–Trinajstić information content (AvgIpc) is 2.75. The van der Waals surface area contributed by atoms with Crippen molar-refractivity contribution in [2.45, 2.75) is 51.0 Å². The smallest absolute Gasteiger partial charge is 0.258 e. The molecule has 162 valence electrons. The van der Waals surface area contributed by atoms with Crippen molar-refractivity contribution in [3.63, 3.8) is 0 Å². The predicted molar refractivity (Wildman–Crippen MR) is 117 cm³/mol. The molecule has 0 radical (unpaired) electrons. The Morgan fingerprint density at radius 1 is 1.07 bits per heavy atom. The second-order valence-electron chi connectivity index (χ2n) is 7.78. The zero-order valence-corrected chi connectivity index (χ0v) is 18.7. The number of benzene rings is 2. The van der Waals surface area contributed by atoms with Gasteiger partial charge in [-0.1, -0.05) is 25.1 Å². The van der Waals surface area contributed by atoms with Crippen LogP contribution in [-0.4, -0.2) is 44.4 Å². The zero-order valence-electron chi connectivity index (χ0n) is 17.8. The predicted octanol–water partition coefficient (Wildman–Crippen LogP) is 3.21. The van der Waals surface area contributed by atoms with Crippen LogP contribution < -0.4 is 10.1 Å². The first kappa shape index (κ1) is 22.3. The zero-order chi connectivity index (χ0) is 21.7. The van der Waals surface area contributed by atoms with Gasteiger partial charge in [-0.2, -0.15) is 4.31 Å². The van der Waals surface area contributed by atoms with Gasteiger partial charge in [0.2, 0.25) is 10.0 Å². The van der Waals surface area contributed by atoms with Gasteiger partial charge >= 0.3 is 0 Å². The summed E-state index contributed by atoms with van der Waals surface area (Å²) in [5, 5.41) is 2.96. The maximum atomic E-state index is 12.8. The van der Waals surface area contributed by atoms with Crippen LogP contribution in [0, 0.1) is 13.8 Å². The lowest BCUT2D eigenvalue weighted by molar-refractivity contribution is -0.124. The van der Waals surface area contributed by atoms with Crippen LogP contribution in [0.25, 0.3) is 0 Å². The van der Waals surface area contributed by atoms with Crippen LogP contribution in [0.2, 0.25) is 0 Å². The molecule has 30 heavy (non-hydrogen) atoms. The fraction of sp³-hybridized carbons (Fsp3) is 0.435. The summed E-state index contributed by atoms with van der Waals surface area (Å²) in [6.07, 6.45) is 2.04. The molecule has 1 saturated heterocycles. The van der Waals surface area contributed by atoms with Gasteiger partial charge in [0, 0.05) is 19.1 Å². The summed E-state index contributed by atoms with van der Waals surface area (Å²) < 4.78 is 32.8. The summed E-state index contributed by atoms with van der Waals surface area (Å²) >= 11 is 0. The molecule has 1 heterocycles. The second-order valence-corrected chi connectivity index (χ2v) is 9.72. The highest BCUT2D eigenvalue weighted by atomic mass is 32.2. The highest BCUT2D eigenvalue weighted by Gasteiger charge is 2.29. The van der Waals surface area contributed by atoms with Crippen molar-refractivity contribution in [1.82, 2.24) is 9.62 Å². The van der Waals surface area contributed by atoms with E-state index in [0.29, 0.717) is 36.6 Å². The Labute approximate surface area is 179 Å². The Bertz CT molecular complexity index is 979. The summed E-state index contributed by atoms with van der Waals surface area (Å²) in [6, 6.07) is 12.7. The Balaban J connectivity index is 1.48. The molecule has 2 aromatic carbocycles. The SMILES string of the molecule is CCc1ccc(S(=O)(=O)N2CCC(NC(=O)COc3ccc(C)c(C)c3)CC2)cc1. The number of hydrogen-bond acceptors (Lipinski definition) is 4. The van der Waals surface area contributed by atoms with E-state index in [1.54, 1.807) is 12.1 Å². The molecule has 0 spiro atoms. The maximum Gasteiger partial charge on any atom is 0.258 e. The van der Waals surface area contributed by atoms with Crippen LogP contribution in [0.15, 0.2) is 47.4 Å². The molecule has 1 aliphatic rings. The minimum absolute atomic E-state index is 0.0465. The van der Waals surface area contributed by atoms with Gasteiger partial charge < -0.3 is 10.1 Å². The highest BCUT2D eigenvalue weighted by Crippen LogP contribution is 2.21. The van der Waals surface area contributed by atoms with Crippen LogP contribution >= 0.6 is 0 Å². The number of carbonyl (C=O) groups is 1. The van der Waals surface area contributed by atoms with Crippen molar-refractivity contribution in [3.05, 3.63) is 59.2 Å². The van der Waals surface area contributed by atoms with Crippen molar-refractivity contribution in [2.24, 2.45) is 0 Å². The molecule has 2 aromatic rings. The van der Waals surface area contributed by atoms with Crippen LogP contribution in [-0.2, 0) is 21.2 Å². The first-order chi connectivity index (χ1) is 14.3. The van der Waals surface area contributed by atoms with E-state index in [1.807, 2.05) is 51.1 Å². The summed E-state index contributed by atoms with van der Waals surface area (Å²) in [6.45, 7) is 6.79. The maximum absolute atomic E-state index is 12.8. The molecule has 1 N–H and O–H groups in total. The average molecular weight is 431 g/mol. The largest absolute Gasteiger partial charge is 0.484 e. The molecule has 1 aliphatic heterocycles. The van der Waals surface area contributed by atoms with Crippen molar-refractivity contribution in [1.29, 1.82) is 0 Å². The quantitative estimate of drug-likeness (QED) is 0.732.